The second-order valence-electron chi connectivity index (χ2n) is 3.72. The van der Waals surface area contributed by atoms with Crippen LogP contribution in [-0.4, -0.2) is 11.1 Å². The molecule has 17 heavy (non-hydrogen) atoms. The number of benzene rings is 2. The standard InChI is InChI=1S/C14H11FO2/c15-14-11(9-13(16)17)7-4-8-12(14)10-5-2-1-3-6-10/h1-8H,9H2,(H,16,17). The second kappa shape index (κ2) is 4.78. The predicted molar refractivity (Wildman–Crippen MR) is 63.2 cm³/mol. The van der Waals surface area contributed by atoms with Gasteiger partial charge in [-0.15, -0.1) is 0 Å². The zero-order valence-electron chi connectivity index (χ0n) is 9.06. The van der Waals surface area contributed by atoms with Gasteiger partial charge in [-0.3, -0.25) is 4.79 Å². The predicted octanol–water partition coefficient (Wildman–Crippen LogP) is 3.12. The van der Waals surface area contributed by atoms with Crippen LogP contribution in [0.2, 0.25) is 0 Å². The summed E-state index contributed by atoms with van der Waals surface area (Å²) in [5.41, 5.74) is 1.39. The van der Waals surface area contributed by atoms with Crippen molar-refractivity contribution in [2.75, 3.05) is 0 Å². The first kappa shape index (κ1) is 11.3. The number of carboxylic acids is 1. The molecule has 0 aliphatic carbocycles. The molecule has 2 rings (SSSR count). The van der Waals surface area contributed by atoms with Gasteiger partial charge in [-0.05, 0) is 11.1 Å². The van der Waals surface area contributed by atoms with Crippen molar-refractivity contribution in [2.45, 2.75) is 6.42 Å². The van der Waals surface area contributed by atoms with Gasteiger partial charge in [-0.1, -0.05) is 48.5 Å². The number of carboxylic acid groups (broad SMARTS) is 1. The van der Waals surface area contributed by atoms with Gasteiger partial charge >= 0.3 is 5.97 Å². The SMILES string of the molecule is O=C(O)Cc1cccc(-c2ccccc2)c1F. The number of rotatable bonds is 3. The van der Waals surface area contributed by atoms with Crippen LogP contribution in [0, 0.1) is 5.82 Å². The fourth-order valence-electron chi connectivity index (χ4n) is 1.72. The maximum absolute atomic E-state index is 14.1. The van der Waals surface area contributed by atoms with E-state index in [4.69, 9.17) is 5.11 Å². The number of carbonyl (C=O) groups is 1. The third-order valence-electron chi connectivity index (χ3n) is 2.51. The first-order valence-electron chi connectivity index (χ1n) is 5.23. The molecular formula is C14H11FO2. The zero-order chi connectivity index (χ0) is 12.3. The van der Waals surface area contributed by atoms with Crippen LogP contribution < -0.4 is 0 Å². The molecule has 0 aromatic heterocycles. The lowest BCUT2D eigenvalue weighted by molar-refractivity contribution is -0.136. The fraction of sp³-hybridized carbons (Fsp3) is 0.0714. The molecule has 2 nitrogen and oxygen atoms in total. The molecule has 2 aromatic carbocycles. The third kappa shape index (κ3) is 2.50. The minimum atomic E-state index is -1.03. The molecule has 0 radical (unpaired) electrons. The van der Waals surface area contributed by atoms with Crippen molar-refractivity contribution < 1.29 is 14.3 Å². The smallest absolute Gasteiger partial charge is 0.307 e. The Kier molecular flexibility index (Phi) is 3.19. The highest BCUT2D eigenvalue weighted by atomic mass is 19.1. The van der Waals surface area contributed by atoms with Crippen LogP contribution in [0.25, 0.3) is 11.1 Å². The number of aliphatic carboxylic acids is 1. The molecule has 0 spiro atoms. The average molecular weight is 230 g/mol. The summed E-state index contributed by atoms with van der Waals surface area (Å²) in [6.07, 6.45) is -0.299. The Labute approximate surface area is 98.3 Å². The molecule has 86 valence electrons. The van der Waals surface area contributed by atoms with E-state index in [-0.39, 0.29) is 12.0 Å². The molecule has 1 N–H and O–H groups in total. The maximum Gasteiger partial charge on any atom is 0.307 e. The van der Waals surface area contributed by atoms with Crippen molar-refractivity contribution >= 4 is 5.97 Å². The molecule has 0 aliphatic heterocycles. The molecule has 2 aromatic rings. The molecule has 0 bridgehead atoms. The molecule has 0 fully saturated rings. The first-order valence-corrected chi connectivity index (χ1v) is 5.23. The Hall–Kier alpha value is -2.16. The molecule has 0 amide bonds. The minimum absolute atomic E-state index is 0.207. The summed E-state index contributed by atoms with van der Waals surface area (Å²) in [4.78, 5) is 10.6. The topological polar surface area (TPSA) is 37.3 Å². The molecule has 0 aliphatic rings. The zero-order valence-corrected chi connectivity index (χ0v) is 9.06. The largest absolute Gasteiger partial charge is 0.481 e. The summed E-state index contributed by atoms with van der Waals surface area (Å²) in [5.74, 6) is -1.49. The van der Waals surface area contributed by atoms with Crippen molar-refractivity contribution in [2.24, 2.45) is 0 Å². The van der Waals surface area contributed by atoms with E-state index < -0.39 is 11.8 Å². The maximum atomic E-state index is 14.1. The number of halogens is 1. The summed E-state index contributed by atoms with van der Waals surface area (Å²) in [6.45, 7) is 0. The highest BCUT2D eigenvalue weighted by molar-refractivity contribution is 5.72. The van der Waals surface area contributed by atoms with E-state index in [1.165, 1.54) is 6.07 Å². The molecular weight excluding hydrogens is 219 g/mol. The van der Waals surface area contributed by atoms with Gasteiger partial charge in [-0.2, -0.15) is 0 Å². The summed E-state index contributed by atoms with van der Waals surface area (Å²) >= 11 is 0. The van der Waals surface area contributed by atoms with Gasteiger partial charge in [0.1, 0.15) is 5.82 Å². The van der Waals surface area contributed by atoms with Crippen molar-refractivity contribution in [3.05, 3.63) is 59.9 Å². The van der Waals surface area contributed by atoms with Gasteiger partial charge in [0.25, 0.3) is 0 Å². The lowest BCUT2D eigenvalue weighted by atomic mass is 10.0. The Morgan fingerprint density at radius 2 is 1.76 bits per heavy atom. The summed E-state index contributed by atoms with van der Waals surface area (Å²) in [7, 11) is 0. The van der Waals surface area contributed by atoms with E-state index in [9.17, 15) is 9.18 Å². The molecule has 0 saturated carbocycles. The monoisotopic (exact) mass is 230 g/mol. The van der Waals surface area contributed by atoms with E-state index in [1.54, 1.807) is 24.3 Å². The third-order valence-corrected chi connectivity index (χ3v) is 2.51. The van der Waals surface area contributed by atoms with Gasteiger partial charge < -0.3 is 5.11 Å². The van der Waals surface area contributed by atoms with Gasteiger partial charge in [-0.25, -0.2) is 4.39 Å². The van der Waals surface area contributed by atoms with Crippen LogP contribution in [0.1, 0.15) is 5.56 Å². The Morgan fingerprint density at radius 1 is 1.06 bits per heavy atom. The van der Waals surface area contributed by atoms with E-state index >= 15 is 0 Å². The van der Waals surface area contributed by atoms with Crippen molar-refractivity contribution in [3.8, 4) is 11.1 Å². The van der Waals surface area contributed by atoms with Crippen LogP contribution in [0.4, 0.5) is 4.39 Å². The highest BCUT2D eigenvalue weighted by Crippen LogP contribution is 2.24. The normalized spacial score (nSPS) is 10.2. The van der Waals surface area contributed by atoms with E-state index in [2.05, 4.69) is 0 Å². The highest BCUT2D eigenvalue weighted by Gasteiger charge is 2.11. The quantitative estimate of drug-likeness (QED) is 0.879. The van der Waals surface area contributed by atoms with Crippen LogP contribution >= 0.6 is 0 Å². The minimum Gasteiger partial charge on any atom is -0.481 e. The number of hydrogen-bond acceptors (Lipinski definition) is 1. The molecule has 0 heterocycles. The lowest BCUT2D eigenvalue weighted by Gasteiger charge is -2.06. The Bertz CT molecular complexity index is 535. The molecule has 0 unspecified atom stereocenters. The van der Waals surface area contributed by atoms with Crippen LogP contribution in [0.3, 0.4) is 0 Å². The van der Waals surface area contributed by atoms with E-state index in [1.807, 2.05) is 18.2 Å². The van der Waals surface area contributed by atoms with Gasteiger partial charge in [0.15, 0.2) is 0 Å². The number of hydrogen-bond donors (Lipinski definition) is 1. The van der Waals surface area contributed by atoms with Crippen LogP contribution in [0.15, 0.2) is 48.5 Å². The summed E-state index contributed by atoms with van der Waals surface area (Å²) in [5, 5.41) is 8.69. The average Bonchev–Trinajstić information content (AvgIpc) is 2.32. The summed E-state index contributed by atoms with van der Waals surface area (Å²) < 4.78 is 14.1. The Balaban J connectivity index is 2.46. The van der Waals surface area contributed by atoms with Gasteiger partial charge in [0.05, 0.1) is 6.42 Å². The first-order chi connectivity index (χ1) is 8.18. The Morgan fingerprint density at radius 3 is 2.41 bits per heavy atom. The molecule has 3 heteroatoms. The second-order valence-corrected chi connectivity index (χ2v) is 3.72. The molecule has 0 saturated heterocycles. The van der Waals surface area contributed by atoms with Crippen molar-refractivity contribution in [1.29, 1.82) is 0 Å². The van der Waals surface area contributed by atoms with E-state index in [0.29, 0.717) is 5.56 Å². The van der Waals surface area contributed by atoms with E-state index in [0.717, 1.165) is 5.56 Å². The van der Waals surface area contributed by atoms with Crippen molar-refractivity contribution in [1.82, 2.24) is 0 Å². The van der Waals surface area contributed by atoms with Crippen LogP contribution in [0.5, 0.6) is 0 Å². The van der Waals surface area contributed by atoms with Crippen LogP contribution in [-0.2, 0) is 11.2 Å². The fourth-order valence-corrected chi connectivity index (χ4v) is 1.72. The summed E-state index contributed by atoms with van der Waals surface area (Å²) in [6, 6.07) is 13.9. The van der Waals surface area contributed by atoms with Gasteiger partial charge in [0.2, 0.25) is 0 Å². The van der Waals surface area contributed by atoms with Gasteiger partial charge in [0, 0.05) is 5.56 Å². The van der Waals surface area contributed by atoms with Crippen molar-refractivity contribution in [3.63, 3.8) is 0 Å². The lowest BCUT2D eigenvalue weighted by Crippen LogP contribution is -2.03. The molecule has 0 atom stereocenters.